The summed E-state index contributed by atoms with van der Waals surface area (Å²) in [5, 5.41) is 8.21. The second-order valence-electron chi connectivity index (χ2n) is 3.39. The highest BCUT2D eigenvalue weighted by molar-refractivity contribution is 6.28. The normalized spacial score (nSPS) is 10.9. The zero-order valence-corrected chi connectivity index (χ0v) is 9.18. The average Bonchev–Trinajstić information content (AvgIpc) is 2.66. The van der Waals surface area contributed by atoms with Gasteiger partial charge in [0.2, 0.25) is 5.28 Å². The SMILES string of the molecule is CC(C)n1cc(-c2ccnc(Cl)n2)nn1. The van der Waals surface area contributed by atoms with Crippen LogP contribution in [0.25, 0.3) is 11.4 Å². The van der Waals surface area contributed by atoms with Gasteiger partial charge < -0.3 is 0 Å². The molecule has 0 atom stereocenters. The van der Waals surface area contributed by atoms with Crippen LogP contribution in [0.1, 0.15) is 19.9 Å². The van der Waals surface area contributed by atoms with Crippen molar-refractivity contribution in [3.8, 4) is 11.4 Å². The van der Waals surface area contributed by atoms with Crippen LogP contribution in [0, 0.1) is 0 Å². The van der Waals surface area contributed by atoms with Crippen LogP contribution in [0.15, 0.2) is 18.5 Å². The summed E-state index contributed by atoms with van der Waals surface area (Å²) in [7, 11) is 0. The van der Waals surface area contributed by atoms with E-state index in [0.717, 1.165) is 0 Å². The molecule has 0 spiro atoms. The zero-order chi connectivity index (χ0) is 10.8. The monoisotopic (exact) mass is 223 g/mol. The molecule has 0 saturated heterocycles. The maximum atomic E-state index is 5.69. The first-order valence-electron chi connectivity index (χ1n) is 4.57. The maximum Gasteiger partial charge on any atom is 0.222 e. The first kappa shape index (κ1) is 10.0. The Kier molecular flexibility index (Phi) is 2.64. The van der Waals surface area contributed by atoms with Crippen molar-refractivity contribution in [2.24, 2.45) is 0 Å². The Balaban J connectivity index is 2.37. The van der Waals surface area contributed by atoms with E-state index in [4.69, 9.17) is 11.6 Å². The lowest BCUT2D eigenvalue weighted by atomic mass is 10.3. The summed E-state index contributed by atoms with van der Waals surface area (Å²) in [6.45, 7) is 4.07. The van der Waals surface area contributed by atoms with Gasteiger partial charge in [0.25, 0.3) is 0 Å². The summed E-state index contributed by atoms with van der Waals surface area (Å²) < 4.78 is 1.77. The number of hydrogen-bond acceptors (Lipinski definition) is 4. The minimum atomic E-state index is 0.214. The minimum absolute atomic E-state index is 0.214. The quantitative estimate of drug-likeness (QED) is 0.731. The van der Waals surface area contributed by atoms with Gasteiger partial charge in [-0.2, -0.15) is 0 Å². The molecule has 5 nitrogen and oxygen atoms in total. The summed E-state index contributed by atoms with van der Waals surface area (Å²) in [5.41, 5.74) is 1.38. The van der Waals surface area contributed by atoms with Crippen LogP contribution in [-0.4, -0.2) is 25.0 Å². The molecule has 15 heavy (non-hydrogen) atoms. The summed E-state index contributed by atoms with van der Waals surface area (Å²) in [6.07, 6.45) is 3.43. The molecule has 0 radical (unpaired) electrons. The Hall–Kier alpha value is -1.49. The summed E-state index contributed by atoms with van der Waals surface area (Å²) in [4.78, 5) is 7.86. The third-order valence-electron chi connectivity index (χ3n) is 1.93. The number of hydrogen-bond donors (Lipinski definition) is 0. The Morgan fingerprint density at radius 1 is 1.33 bits per heavy atom. The van der Waals surface area contributed by atoms with Crippen LogP contribution in [0.3, 0.4) is 0 Å². The molecular weight excluding hydrogens is 214 g/mol. The Labute approximate surface area is 92.1 Å². The van der Waals surface area contributed by atoms with E-state index in [9.17, 15) is 0 Å². The molecule has 0 aliphatic carbocycles. The smallest absolute Gasteiger partial charge is 0.222 e. The number of rotatable bonds is 2. The fourth-order valence-electron chi connectivity index (χ4n) is 1.12. The zero-order valence-electron chi connectivity index (χ0n) is 8.42. The van der Waals surface area contributed by atoms with Gasteiger partial charge in [-0.1, -0.05) is 5.21 Å². The van der Waals surface area contributed by atoms with E-state index in [0.29, 0.717) is 11.4 Å². The third-order valence-corrected chi connectivity index (χ3v) is 2.11. The highest BCUT2D eigenvalue weighted by Gasteiger charge is 2.07. The van der Waals surface area contributed by atoms with Gasteiger partial charge in [0.1, 0.15) is 5.69 Å². The lowest BCUT2D eigenvalue weighted by molar-refractivity contribution is 0.514. The summed E-state index contributed by atoms with van der Waals surface area (Å²) in [6, 6.07) is 2.03. The highest BCUT2D eigenvalue weighted by atomic mass is 35.5. The van der Waals surface area contributed by atoms with Gasteiger partial charge in [0.05, 0.1) is 11.9 Å². The van der Waals surface area contributed by atoms with E-state index in [-0.39, 0.29) is 11.3 Å². The van der Waals surface area contributed by atoms with E-state index in [1.54, 1.807) is 16.9 Å². The molecule has 0 saturated carbocycles. The molecule has 0 N–H and O–H groups in total. The largest absolute Gasteiger partial charge is 0.249 e. The predicted molar refractivity (Wildman–Crippen MR) is 56.4 cm³/mol. The predicted octanol–water partition coefficient (Wildman–Crippen LogP) is 1.97. The highest BCUT2D eigenvalue weighted by Crippen LogP contribution is 2.15. The standard InChI is InChI=1S/C9H10ClN5/c1-6(2)15-5-8(13-14-15)7-3-4-11-9(10)12-7/h3-6H,1-2H3. The second kappa shape index (κ2) is 3.94. The molecule has 2 aromatic heterocycles. The molecule has 0 bridgehead atoms. The first-order valence-corrected chi connectivity index (χ1v) is 4.95. The van der Waals surface area contributed by atoms with E-state index >= 15 is 0 Å². The van der Waals surface area contributed by atoms with Gasteiger partial charge in [0, 0.05) is 12.2 Å². The van der Waals surface area contributed by atoms with Crippen molar-refractivity contribution < 1.29 is 0 Å². The van der Waals surface area contributed by atoms with E-state index in [1.165, 1.54) is 0 Å². The average molecular weight is 224 g/mol. The van der Waals surface area contributed by atoms with Gasteiger partial charge in [-0.25, -0.2) is 14.6 Å². The first-order chi connectivity index (χ1) is 7.16. The minimum Gasteiger partial charge on any atom is -0.249 e. The van der Waals surface area contributed by atoms with Crippen molar-refractivity contribution in [2.45, 2.75) is 19.9 Å². The van der Waals surface area contributed by atoms with Crippen molar-refractivity contribution in [1.82, 2.24) is 25.0 Å². The Morgan fingerprint density at radius 2 is 2.13 bits per heavy atom. The molecule has 0 aliphatic heterocycles. The molecule has 0 aliphatic rings. The van der Waals surface area contributed by atoms with E-state index in [1.807, 2.05) is 20.0 Å². The fourth-order valence-corrected chi connectivity index (χ4v) is 1.27. The molecule has 0 aromatic carbocycles. The third kappa shape index (κ3) is 2.12. The van der Waals surface area contributed by atoms with Crippen molar-refractivity contribution >= 4 is 11.6 Å². The molecule has 6 heteroatoms. The molecule has 78 valence electrons. The van der Waals surface area contributed by atoms with Crippen LogP contribution < -0.4 is 0 Å². The molecule has 0 unspecified atom stereocenters. The summed E-state index contributed by atoms with van der Waals surface area (Å²) in [5.74, 6) is 0. The van der Waals surface area contributed by atoms with Crippen LogP contribution in [0.5, 0.6) is 0 Å². The second-order valence-corrected chi connectivity index (χ2v) is 3.73. The molecule has 0 fully saturated rings. The number of nitrogens with zero attached hydrogens (tertiary/aromatic N) is 5. The molecule has 2 heterocycles. The molecular formula is C9H10ClN5. The fraction of sp³-hybridized carbons (Fsp3) is 0.333. The van der Waals surface area contributed by atoms with Crippen LogP contribution in [0.2, 0.25) is 5.28 Å². The lowest BCUT2D eigenvalue weighted by Crippen LogP contribution is -2.00. The molecule has 2 rings (SSSR count). The molecule has 2 aromatic rings. The van der Waals surface area contributed by atoms with Crippen molar-refractivity contribution in [3.05, 3.63) is 23.7 Å². The number of halogens is 1. The van der Waals surface area contributed by atoms with Crippen molar-refractivity contribution in [2.75, 3.05) is 0 Å². The van der Waals surface area contributed by atoms with E-state index < -0.39 is 0 Å². The lowest BCUT2D eigenvalue weighted by Gasteiger charge is -2.00. The van der Waals surface area contributed by atoms with Gasteiger partial charge in [-0.05, 0) is 31.5 Å². The van der Waals surface area contributed by atoms with Crippen LogP contribution in [0.4, 0.5) is 0 Å². The Morgan fingerprint density at radius 3 is 2.73 bits per heavy atom. The van der Waals surface area contributed by atoms with Gasteiger partial charge in [0.15, 0.2) is 0 Å². The summed E-state index contributed by atoms with van der Waals surface area (Å²) >= 11 is 5.69. The topological polar surface area (TPSA) is 56.5 Å². The van der Waals surface area contributed by atoms with Crippen LogP contribution in [-0.2, 0) is 0 Å². The molecule has 0 amide bonds. The van der Waals surface area contributed by atoms with Gasteiger partial charge >= 0.3 is 0 Å². The van der Waals surface area contributed by atoms with Crippen molar-refractivity contribution in [3.63, 3.8) is 0 Å². The Bertz CT molecular complexity index is 465. The van der Waals surface area contributed by atoms with Crippen LogP contribution >= 0.6 is 11.6 Å². The number of aromatic nitrogens is 5. The van der Waals surface area contributed by atoms with Crippen molar-refractivity contribution in [1.29, 1.82) is 0 Å². The van der Waals surface area contributed by atoms with E-state index in [2.05, 4.69) is 20.3 Å². The van der Waals surface area contributed by atoms with Gasteiger partial charge in [-0.15, -0.1) is 5.10 Å². The maximum absolute atomic E-state index is 5.69. The van der Waals surface area contributed by atoms with Gasteiger partial charge in [-0.3, -0.25) is 0 Å².